The molecular weight excluding hydrogens is 485 g/mol. The molecule has 0 aliphatic carbocycles. The lowest BCUT2D eigenvalue weighted by atomic mass is 10.0. The van der Waals surface area contributed by atoms with E-state index < -0.39 is 0 Å². The Morgan fingerprint density at radius 3 is 2.69 bits per heavy atom. The second kappa shape index (κ2) is 12.2. The van der Waals surface area contributed by atoms with Crippen molar-refractivity contribution in [2.75, 3.05) is 26.1 Å². The maximum Gasteiger partial charge on any atom is 0.158 e. The Morgan fingerprint density at radius 1 is 1.11 bits per heavy atom. The van der Waals surface area contributed by atoms with Gasteiger partial charge >= 0.3 is 0 Å². The number of nitrogens with one attached hydrogen (secondary N) is 1. The number of aryl methyl sites for hydroxylation is 1. The normalized spacial score (nSPS) is 13.3. The Hall–Kier alpha value is -2.46. The van der Waals surface area contributed by atoms with Gasteiger partial charge in [-0.3, -0.25) is 4.67 Å². The molecule has 2 heterocycles. The Bertz CT molecular complexity index is 1300. The third-order valence-electron chi connectivity index (χ3n) is 6.94. The van der Waals surface area contributed by atoms with E-state index in [1.165, 1.54) is 23.7 Å². The summed E-state index contributed by atoms with van der Waals surface area (Å²) < 4.78 is 4.55. The van der Waals surface area contributed by atoms with Gasteiger partial charge in [0.1, 0.15) is 11.8 Å². The molecule has 190 valence electrons. The molecule has 0 amide bonds. The van der Waals surface area contributed by atoms with E-state index in [9.17, 15) is 0 Å². The molecule has 0 saturated carbocycles. The topological polar surface area (TPSA) is 46.0 Å². The molecule has 2 aromatic heterocycles. The van der Waals surface area contributed by atoms with E-state index in [0.717, 1.165) is 58.4 Å². The first-order valence-corrected chi connectivity index (χ1v) is 14.8. The molecule has 0 spiro atoms. The molecule has 0 radical (unpaired) electrons. The zero-order valence-corrected chi connectivity index (χ0v) is 23.7. The monoisotopic (exact) mass is 521 g/mol. The van der Waals surface area contributed by atoms with Crippen LogP contribution in [0, 0.1) is 5.92 Å². The van der Waals surface area contributed by atoms with Crippen LogP contribution in [0.2, 0.25) is 5.02 Å². The van der Waals surface area contributed by atoms with E-state index in [1.54, 1.807) is 6.33 Å². The van der Waals surface area contributed by atoms with E-state index in [1.807, 2.05) is 6.07 Å². The van der Waals surface area contributed by atoms with Crippen molar-refractivity contribution in [3.05, 3.63) is 77.2 Å². The summed E-state index contributed by atoms with van der Waals surface area (Å²) in [6.45, 7) is 7.82. The highest BCUT2D eigenvalue weighted by Gasteiger charge is 2.12. The lowest BCUT2D eigenvalue weighted by molar-refractivity contribution is 0.472. The predicted molar refractivity (Wildman–Crippen MR) is 156 cm³/mol. The summed E-state index contributed by atoms with van der Waals surface area (Å²) in [6.07, 6.45) is 8.13. The minimum Gasteiger partial charge on any atom is -0.343 e. The van der Waals surface area contributed by atoms with Gasteiger partial charge in [-0.05, 0) is 94.7 Å². The number of rotatable bonds is 11. The highest BCUT2D eigenvalue weighted by molar-refractivity contribution is 7.62. The fourth-order valence-corrected chi connectivity index (χ4v) is 5.71. The highest BCUT2D eigenvalue weighted by Crippen LogP contribution is 2.32. The van der Waals surface area contributed by atoms with E-state index in [-0.39, 0.29) is 8.07 Å². The van der Waals surface area contributed by atoms with Crippen LogP contribution in [0.1, 0.15) is 44.2 Å². The molecule has 0 aliphatic heterocycles. The lowest BCUT2D eigenvalue weighted by Gasteiger charge is -2.20. The minimum absolute atomic E-state index is 0.312. The fraction of sp³-hybridized carbons (Fsp3) is 0.379. The Kier molecular flexibility index (Phi) is 9.00. The van der Waals surface area contributed by atoms with Crippen LogP contribution in [-0.4, -0.2) is 40.0 Å². The molecule has 7 heteroatoms. The molecule has 2 aromatic carbocycles. The van der Waals surface area contributed by atoms with Crippen LogP contribution in [0.3, 0.4) is 0 Å². The van der Waals surface area contributed by atoms with Gasteiger partial charge in [0, 0.05) is 23.5 Å². The van der Waals surface area contributed by atoms with Gasteiger partial charge in [-0.15, -0.1) is 0 Å². The van der Waals surface area contributed by atoms with Crippen molar-refractivity contribution in [3.8, 4) is 0 Å². The summed E-state index contributed by atoms with van der Waals surface area (Å²) in [5, 5.41) is 5.63. The third-order valence-corrected chi connectivity index (χ3v) is 9.51. The van der Waals surface area contributed by atoms with Crippen molar-refractivity contribution in [2.45, 2.75) is 46.1 Å². The van der Waals surface area contributed by atoms with Gasteiger partial charge in [-0.1, -0.05) is 56.1 Å². The average molecular weight is 522 g/mol. The Labute approximate surface area is 221 Å². The van der Waals surface area contributed by atoms with Crippen LogP contribution >= 0.6 is 19.7 Å². The number of hydrogen-bond donors (Lipinski definition) is 1. The summed E-state index contributed by atoms with van der Waals surface area (Å²) in [6, 6.07) is 17.1. The molecule has 5 nitrogen and oxygen atoms in total. The number of aromatic nitrogens is 3. The van der Waals surface area contributed by atoms with Crippen molar-refractivity contribution in [2.24, 2.45) is 5.92 Å². The van der Waals surface area contributed by atoms with Crippen molar-refractivity contribution in [3.63, 3.8) is 0 Å². The fourth-order valence-electron chi connectivity index (χ4n) is 4.35. The van der Waals surface area contributed by atoms with Gasteiger partial charge in [-0.25, -0.2) is 9.97 Å². The molecule has 2 unspecified atom stereocenters. The second-order valence-electron chi connectivity index (χ2n) is 9.77. The number of benzene rings is 2. The number of nitrogens with zero attached hydrogens (tertiary/aromatic N) is 4. The molecule has 4 rings (SSSR count). The molecule has 1 N–H and O–H groups in total. The maximum absolute atomic E-state index is 6.76. The molecule has 0 aliphatic rings. The molecule has 2 atom stereocenters. The summed E-state index contributed by atoms with van der Waals surface area (Å²) in [5.41, 5.74) is 5.31. The van der Waals surface area contributed by atoms with E-state index in [4.69, 9.17) is 11.6 Å². The first kappa shape index (κ1) is 26.6. The molecule has 36 heavy (non-hydrogen) atoms. The molecular formula is C29H37ClN5P. The van der Waals surface area contributed by atoms with Crippen molar-refractivity contribution >= 4 is 47.5 Å². The van der Waals surface area contributed by atoms with Crippen LogP contribution in [0.5, 0.6) is 0 Å². The van der Waals surface area contributed by atoms with Gasteiger partial charge < -0.3 is 9.88 Å². The summed E-state index contributed by atoms with van der Waals surface area (Å²) in [7, 11) is 3.96. The average Bonchev–Trinajstić information content (AvgIpc) is 3.29. The molecule has 4 aromatic rings. The molecule has 0 bridgehead atoms. The highest BCUT2D eigenvalue weighted by atomic mass is 35.5. The van der Waals surface area contributed by atoms with Gasteiger partial charge in [-0.2, -0.15) is 0 Å². The van der Waals surface area contributed by atoms with Crippen LogP contribution < -0.4 is 10.6 Å². The predicted octanol–water partition coefficient (Wildman–Crippen LogP) is 7.46. The first-order chi connectivity index (χ1) is 17.4. The van der Waals surface area contributed by atoms with Gasteiger partial charge in [0.25, 0.3) is 0 Å². The number of anilines is 2. The standard InChI is InChI=1S/C29H37ClN5P/c1-6-21(2)9-8-15-35-16-14-27-28(35)29(32-20-31-27)33-24-13-12-23(26(30)19-24)17-22-10-7-11-25(18-22)36(5)34(3)4/h7,10-14,16,18-21H,6,8-9,15,17H2,1-5H3,(H,31,32,33). The van der Waals surface area contributed by atoms with E-state index in [2.05, 4.69) is 108 Å². The maximum atomic E-state index is 6.76. The van der Waals surface area contributed by atoms with E-state index in [0.29, 0.717) is 0 Å². The zero-order valence-electron chi connectivity index (χ0n) is 22.0. The van der Waals surface area contributed by atoms with Crippen LogP contribution in [0.4, 0.5) is 11.5 Å². The van der Waals surface area contributed by atoms with Gasteiger partial charge in [0.05, 0.1) is 5.52 Å². The Morgan fingerprint density at radius 2 is 1.94 bits per heavy atom. The van der Waals surface area contributed by atoms with Crippen molar-refractivity contribution < 1.29 is 0 Å². The quantitative estimate of drug-likeness (QED) is 0.208. The second-order valence-corrected chi connectivity index (χ2v) is 12.5. The third kappa shape index (κ3) is 6.45. The van der Waals surface area contributed by atoms with E-state index >= 15 is 0 Å². The van der Waals surface area contributed by atoms with Gasteiger partial charge in [0.15, 0.2) is 5.82 Å². The molecule has 0 fully saturated rings. The lowest BCUT2D eigenvalue weighted by Crippen LogP contribution is -2.13. The van der Waals surface area contributed by atoms with Crippen molar-refractivity contribution in [1.82, 2.24) is 19.2 Å². The first-order valence-electron chi connectivity index (χ1n) is 12.7. The van der Waals surface area contributed by atoms with Crippen LogP contribution in [0.15, 0.2) is 61.1 Å². The van der Waals surface area contributed by atoms with Gasteiger partial charge in [0.2, 0.25) is 0 Å². The van der Waals surface area contributed by atoms with Crippen LogP contribution in [0.25, 0.3) is 11.0 Å². The summed E-state index contributed by atoms with van der Waals surface area (Å²) >= 11 is 6.76. The smallest absolute Gasteiger partial charge is 0.158 e. The molecule has 0 saturated heterocycles. The summed E-state index contributed by atoms with van der Waals surface area (Å²) in [4.78, 5) is 9.04. The zero-order chi connectivity index (χ0) is 25.7. The number of fused-ring (bicyclic) bond motifs is 1. The Balaban J connectivity index is 1.50. The largest absolute Gasteiger partial charge is 0.343 e. The number of hydrogen-bond acceptors (Lipinski definition) is 4. The van der Waals surface area contributed by atoms with Crippen LogP contribution in [-0.2, 0) is 13.0 Å². The SMILES string of the molecule is CCC(C)CCCn1ccc2ncnc(Nc3ccc(Cc4cccc(P(C)N(C)C)c4)c(Cl)c3)c21. The number of halogens is 1. The summed E-state index contributed by atoms with van der Waals surface area (Å²) in [5.74, 6) is 1.56. The minimum atomic E-state index is -0.312. The van der Waals surface area contributed by atoms with Crippen molar-refractivity contribution in [1.29, 1.82) is 0 Å².